The minimum atomic E-state index is -0.421. The van der Waals surface area contributed by atoms with E-state index in [9.17, 15) is 5.11 Å². The molecule has 1 aliphatic heterocycles. The van der Waals surface area contributed by atoms with Gasteiger partial charge in [-0.05, 0) is 19.3 Å². The fourth-order valence-corrected chi connectivity index (χ4v) is 1.13. The fraction of sp³-hybridized carbons (Fsp3) is 1.00. The molecule has 1 fully saturated rings. The second kappa shape index (κ2) is 17.3. The summed E-state index contributed by atoms with van der Waals surface area (Å²) in [5.74, 6) is 0. The first-order valence-corrected chi connectivity index (χ1v) is 6.26. The van der Waals surface area contributed by atoms with Gasteiger partial charge in [-0.1, -0.05) is 42.0 Å². The molecule has 3 heteroatoms. The molecule has 0 aromatic heterocycles. The van der Waals surface area contributed by atoms with E-state index in [0.29, 0.717) is 13.2 Å². The third-order valence-electron chi connectivity index (χ3n) is 1.73. The highest BCUT2D eigenvalue weighted by atomic mass is 16.7. The predicted molar refractivity (Wildman–Crippen MR) is 70.7 cm³/mol. The summed E-state index contributed by atoms with van der Waals surface area (Å²) >= 11 is 0. The molecule has 102 valence electrons. The normalized spacial score (nSPS) is 22.9. The van der Waals surface area contributed by atoms with E-state index >= 15 is 0 Å². The highest BCUT2D eigenvalue weighted by Gasteiger charge is 2.23. The molecule has 1 N–H and O–H groups in total. The van der Waals surface area contributed by atoms with E-state index in [1.807, 2.05) is 34.6 Å². The first-order chi connectivity index (χ1) is 7.34. The first kappa shape index (κ1) is 21.2. The van der Waals surface area contributed by atoms with Crippen LogP contribution in [0.1, 0.15) is 61.3 Å². The van der Waals surface area contributed by atoms with E-state index in [4.69, 9.17) is 9.47 Å². The number of hydrogen-bond donors (Lipinski definition) is 1. The molecule has 2 atom stereocenters. The second-order valence-corrected chi connectivity index (χ2v) is 2.82. The van der Waals surface area contributed by atoms with E-state index in [0.717, 1.165) is 19.3 Å². The molecule has 0 saturated carbocycles. The van der Waals surface area contributed by atoms with Gasteiger partial charge in [-0.2, -0.15) is 0 Å². The Kier molecular flexibility index (Phi) is 22.9. The lowest BCUT2D eigenvalue weighted by molar-refractivity contribution is -0.214. The van der Waals surface area contributed by atoms with Gasteiger partial charge in [-0.15, -0.1) is 0 Å². The fourth-order valence-electron chi connectivity index (χ4n) is 1.13. The topological polar surface area (TPSA) is 38.7 Å². The van der Waals surface area contributed by atoms with Gasteiger partial charge in [0.1, 0.15) is 6.10 Å². The van der Waals surface area contributed by atoms with Gasteiger partial charge >= 0.3 is 0 Å². The van der Waals surface area contributed by atoms with Crippen molar-refractivity contribution in [3.63, 3.8) is 0 Å². The van der Waals surface area contributed by atoms with E-state index < -0.39 is 6.10 Å². The van der Waals surface area contributed by atoms with Gasteiger partial charge in [0.25, 0.3) is 0 Å². The summed E-state index contributed by atoms with van der Waals surface area (Å²) in [6, 6.07) is 0. The second-order valence-electron chi connectivity index (χ2n) is 2.82. The summed E-state index contributed by atoms with van der Waals surface area (Å²) in [4.78, 5) is 0. The van der Waals surface area contributed by atoms with Crippen LogP contribution >= 0.6 is 0 Å². The van der Waals surface area contributed by atoms with E-state index in [1.165, 1.54) is 0 Å². The molecule has 0 aliphatic carbocycles. The first-order valence-electron chi connectivity index (χ1n) is 6.26. The van der Waals surface area contributed by atoms with Gasteiger partial charge in [-0.25, -0.2) is 0 Å². The molecular weight excluding hydrogens is 204 g/mol. The lowest BCUT2D eigenvalue weighted by Gasteiger charge is -2.27. The lowest BCUT2D eigenvalue weighted by Crippen LogP contribution is -2.36. The number of aliphatic hydroxyl groups excluding tert-OH is 1. The smallest absolute Gasteiger partial charge is 0.183 e. The molecular formula is C13H32O3. The van der Waals surface area contributed by atoms with Crippen molar-refractivity contribution in [3.8, 4) is 0 Å². The van der Waals surface area contributed by atoms with Crippen LogP contribution in [0.2, 0.25) is 0 Å². The summed E-state index contributed by atoms with van der Waals surface area (Å²) in [5, 5.41) is 9.35. The molecule has 1 heterocycles. The molecule has 0 amide bonds. The Morgan fingerprint density at radius 3 is 2.25 bits per heavy atom. The van der Waals surface area contributed by atoms with Gasteiger partial charge in [-0.3, -0.25) is 0 Å². The van der Waals surface area contributed by atoms with Crippen molar-refractivity contribution in [2.24, 2.45) is 0 Å². The van der Waals surface area contributed by atoms with E-state index in [2.05, 4.69) is 0 Å². The standard InChI is InChI=1S/C8H16O3.2C2H6.CH4/c1-2-5-10-8-7(9)4-3-6-11-8;2*1-2;/h7-9H,2-6H2,1H3;2*1-2H3;1H4. The van der Waals surface area contributed by atoms with Crippen LogP contribution in [0.3, 0.4) is 0 Å². The molecule has 3 nitrogen and oxygen atoms in total. The van der Waals surface area contributed by atoms with Crippen LogP contribution in [0.15, 0.2) is 0 Å². The SMILES string of the molecule is C.CC.CC.CCCOC1OCCCC1O. The van der Waals surface area contributed by atoms with Crippen molar-refractivity contribution >= 4 is 0 Å². The highest BCUT2D eigenvalue weighted by Crippen LogP contribution is 2.14. The zero-order valence-electron chi connectivity index (χ0n) is 11.0. The largest absolute Gasteiger partial charge is 0.388 e. The summed E-state index contributed by atoms with van der Waals surface area (Å²) in [5.41, 5.74) is 0. The van der Waals surface area contributed by atoms with Gasteiger partial charge < -0.3 is 14.6 Å². The Labute approximate surface area is 102 Å². The average molecular weight is 236 g/mol. The molecule has 0 aromatic carbocycles. The summed E-state index contributed by atoms with van der Waals surface area (Å²) < 4.78 is 10.5. The molecule has 0 bridgehead atoms. The third-order valence-corrected chi connectivity index (χ3v) is 1.73. The lowest BCUT2D eigenvalue weighted by atomic mass is 10.1. The predicted octanol–water partition coefficient (Wildman–Crippen LogP) is 3.60. The maximum absolute atomic E-state index is 9.35. The Bertz CT molecular complexity index is 107. The summed E-state index contributed by atoms with van der Waals surface area (Å²) in [6.45, 7) is 11.4. The van der Waals surface area contributed by atoms with Crippen molar-refractivity contribution in [3.05, 3.63) is 0 Å². The van der Waals surface area contributed by atoms with Gasteiger partial charge in [0.05, 0.1) is 0 Å². The van der Waals surface area contributed by atoms with Crippen molar-refractivity contribution in [2.45, 2.75) is 73.7 Å². The van der Waals surface area contributed by atoms with Crippen LogP contribution in [0.5, 0.6) is 0 Å². The number of ether oxygens (including phenoxy) is 2. The molecule has 0 radical (unpaired) electrons. The average Bonchev–Trinajstić information content (AvgIpc) is 2.33. The van der Waals surface area contributed by atoms with Gasteiger partial charge in [0.2, 0.25) is 0 Å². The molecule has 16 heavy (non-hydrogen) atoms. The van der Waals surface area contributed by atoms with Crippen molar-refractivity contribution in [1.82, 2.24) is 0 Å². The van der Waals surface area contributed by atoms with Crippen LogP contribution in [0.4, 0.5) is 0 Å². The number of aliphatic hydroxyl groups is 1. The van der Waals surface area contributed by atoms with Crippen LogP contribution in [0, 0.1) is 0 Å². The zero-order chi connectivity index (χ0) is 12.1. The Hall–Kier alpha value is -0.120. The maximum Gasteiger partial charge on any atom is 0.183 e. The van der Waals surface area contributed by atoms with Gasteiger partial charge in [0.15, 0.2) is 6.29 Å². The Balaban J connectivity index is -0.000000305. The summed E-state index contributed by atoms with van der Waals surface area (Å²) in [7, 11) is 0. The minimum Gasteiger partial charge on any atom is -0.388 e. The van der Waals surface area contributed by atoms with Crippen LogP contribution < -0.4 is 0 Å². The molecule has 0 aromatic rings. The Morgan fingerprint density at radius 1 is 1.25 bits per heavy atom. The quantitative estimate of drug-likeness (QED) is 0.813. The van der Waals surface area contributed by atoms with E-state index in [1.54, 1.807) is 0 Å². The number of rotatable bonds is 3. The van der Waals surface area contributed by atoms with Crippen molar-refractivity contribution in [2.75, 3.05) is 13.2 Å². The number of hydrogen-bond acceptors (Lipinski definition) is 3. The molecule has 2 unspecified atom stereocenters. The van der Waals surface area contributed by atoms with Crippen molar-refractivity contribution in [1.29, 1.82) is 0 Å². The van der Waals surface area contributed by atoms with Crippen LogP contribution in [-0.4, -0.2) is 30.7 Å². The molecule has 1 aliphatic rings. The van der Waals surface area contributed by atoms with Crippen molar-refractivity contribution < 1.29 is 14.6 Å². The summed E-state index contributed by atoms with van der Waals surface area (Å²) in [6.07, 6.45) is 1.91. The third kappa shape index (κ3) is 10.4. The molecule has 1 saturated heterocycles. The van der Waals surface area contributed by atoms with Gasteiger partial charge in [0, 0.05) is 13.2 Å². The minimum absolute atomic E-state index is 0. The molecule has 1 rings (SSSR count). The van der Waals surface area contributed by atoms with E-state index in [-0.39, 0.29) is 13.7 Å². The van der Waals surface area contributed by atoms with Crippen LogP contribution in [-0.2, 0) is 9.47 Å². The highest BCUT2D eigenvalue weighted by molar-refractivity contribution is 4.65. The monoisotopic (exact) mass is 236 g/mol. The Morgan fingerprint density at radius 2 is 1.81 bits per heavy atom. The maximum atomic E-state index is 9.35. The zero-order valence-corrected chi connectivity index (χ0v) is 11.0. The van der Waals surface area contributed by atoms with Crippen LogP contribution in [0.25, 0.3) is 0 Å². The molecule has 0 spiro atoms.